The first-order chi connectivity index (χ1) is 8.03. The number of Topliss-reactive ketones (excluding diaryl/α,β-unsaturated/α-hetero) is 1. The smallest absolute Gasteiger partial charge is 0.153 e. The lowest BCUT2D eigenvalue weighted by atomic mass is 10.1. The van der Waals surface area contributed by atoms with E-state index in [0.717, 1.165) is 19.3 Å². The second-order valence-corrected chi connectivity index (χ2v) is 7.05. The van der Waals surface area contributed by atoms with Crippen LogP contribution in [-0.2, 0) is 14.6 Å². The molecule has 1 aliphatic rings. The van der Waals surface area contributed by atoms with Crippen LogP contribution in [0.25, 0.3) is 0 Å². The normalized spacial score (nSPS) is 23.5. The zero-order valence-corrected chi connectivity index (χ0v) is 11.4. The largest absolute Gasteiger partial charge is 0.312 e. The predicted molar refractivity (Wildman–Crippen MR) is 68.8 cm³/mol. The van der Waals surface area contributed by atoms with Crippen molar-refractivity contribution in [1.29, 1.82) is 0 Å². The fourth-order valence-corrected chi connectivity index (χ4v) is 3.57. The summed E-state index contributed by atoms with van der Waals surface area (Å²) in [5.41, 5.74) is 0. The van der Waals surface area contributed by atoms with Crippen LogP contribution < -0.4 is 5.32 Å². The Labute approximate surface area is 104 Å². The Balaban J connectivity index is 2.22. The highest BCUT2D eigenvalue weighted by Crippen LogP contribution is 2.09. The van der Waals surface area contributed by atoms with Gasteiger partial charge in [0.25, 0.3) is 0 Å². The highest BCUT2D eigenvalue weighted by molar-refractivity contribution is 7.91. The third-order valence-electron chi connectivity index (χ3n) is 3.08. The van der Waals surface area contributed by atoms with Crippen molar-refractivity contribution in [2.45, 2.75) is 51.5 Å². The standard InChI is InChI=1S/C12H23NO3S/c1-2-3-4-5-6-12(14)9-11-10-17(15,16)8-7-13-11/h11,13H,2-10H2,1H3. The fraction of sp³-hybridized carbons (Fsp3) is 0.917. The van der Waals surface area contributed by atoms with Crippen molar-refractivity contribution in [3.63, 3.8) is 0 Å². The third kappa shape index (κ3) is 6.17. The second kappa shape index (κ2) is 7.11. The van der Waals surface area contributed by atoms with E-state index in [1.54, 1.807) is 0 Å². The van der Waals surface area contributed by atoms with Crippen LogP contribution in [0, 0.1) is 0 Å². The first-order valence-electron chi connectivity index (χ1n) is 6.49. The maximum Gasteiger partial charge on any atom is 0.153 e. The Hall–Kier alpha value is -0.420. The molecule has 1 saturated heterocycles. The van der Waals surface area contributed by atoms with Gasteiger partial charge >= 0.3 is 0 Å². The van der Waals surface area contributed by atoms with E-state index in [1.807, 2.05) is 0 Å². The molecule has 0 aromatic rings. The number of rotatable bonds is 7. The van der Waals surface area contributed by atoms with E-state index in [0.29, 0.717) is 19.4 Å². The molecule has 4 nitrogen and oxygen atoms in total. The van der Waals surface area contributed by atoms with E-state index in [9.17, 15) is 13.2 Å². The number of hydrogen-bond acceptors (Lipinski definition) is 4. The molecule has 0 saturated carbocycles. The van der Waals surface area contributed by atoms with Crippen molar-refractivity contribution >= 4 is 15.6 Å². The zero-order chi connectivity index (χ0) is 12.7. The van der Waals surface area contributed by atoms with Crippen LogP contribution in [0.3, 0.4) is 0 Å². The average molecular weight is 261 g/mol. The highest BCUT2D eigenvalue weighted by Gasteiger charge is 2.25. The molecule has 100 valence electrons. The molecular weight excluding hydrogens is 238 g/mol. The van der Waals surface area contributed by atoms with Crippen molar-refractivity contribution < 1.29 is 13.2 Å². The lowest BCUT2D eigenvalue weighted by molar-refractivity contribution is -0.119. The number of carbonyl (C=O) groups excluding carboxylic acids is 1. The van der Waals surface area contributed by atoms with Gasteiger partial charge in [-0.1, -0.05) is 26.2 Å². The number of ketones is 1. The van der Waals surface area contributed by atoms with Crippen LogP contribution in [-0.4, -0.2) is 38.3 Å². The van der Waals surface area contributed by atoms with Crippen LogP contribution >= 0.6 is 0 Å². The summed E-state index contributed by atoms with van der Waals surface area (Å²) in [6, 6.07) is -0.160. The molecule has 0 aliphatic carbocycles. The summed E-state index contributed by atoms with van der Waals surface area (Å²) in [5, 5.41) is 3.11. The van der Waals surface area contributed by atoms with Crippen LogP contribution in [0.1, 0.15) is 45.4 Å². The summed E-state index contributed by atoms with van der Waals surface area (Å²) < 4.78 is 22.8. The second-order valence-electron chi connectivity index (χ2n) is 4.82. The first-order valence-corrected chi connectivity index (χ1v) is 8.31. The van der Waals surface area contributed by atoms with Crippen molar-refractivity contribution in [1.82, 2.24) is 5.32 Å². The molecule has 1 N–H and O–H groups in total. The summed E-state index contributed by atoms with van der Waals surface area (Å²) in [6.07, 6.45) is 5.33. The number of sulfone groups is 1. The average Bonchev–Trinajstić information content (AvgIpc) is 2.23. The maximum absolute atomic E-state index is 11.7. The Kier molecular flexibility index (Phi) is 6.12. The molecule has 0 aromatic carbocycles. The van der Waals surface area contributed by atoms with Gasteiger partial charge in [-0.15, -0.1) is 0 Å². The van der Waals surface area contributed by atoms with Crippen molar-refractivity contribution in [3.05, 3.63) is 0 Å². The van der Waals surface area contributed by atoms with Crippen LogP contribution in [0.2, 0.25) is 0 Å². The van der Waals surface area contributed by atoms with Gasteiger partial charge in [-0.3, -0.25) is 4.79 Å². The molecule has 0 bridgehead atoms. The number of hydrogen-bond donors (Lipinski definition) is 1. The molecule has 1 unspecified atom stereocenters. The minimum Gasteiger partial charge on any atom is -0.312 e. The molecule has 1 fully saturated rings. The summed E-state index contributed by atoms with van der Waals surface area (Å²) in [5.74, 6) is 0.512. The monoisotopic (exact) mass is 261 g/mol. The molecule has 0 radical (unpaired) electrons. The molecule has 1 rings (SSSR count). The van der Waals surface area contributed by atoms with E-state index in [4.69, 9.17) is 0 Å². The maximum atomic E-state index is 11.7. The minimum atomic E-state index is -2.92. The predicted octanol–water partition coefficient (Wildman–Crippen LogP) is 1.30. The van der Waals surface area contributed by atoms with Gasteiger partial charge in [0.1, 0.15) is 5.78 Å². The van der Waals surface area contributed by atoms with Gasteiger partial charge in [-0.05, 0) is 6.42 Å². The van der Waals surface area contributed by atoms with Crippen molar-refractivity contribution in [2.75, 3.05) is 18.1 Å². The van der Waals surface area contributed by atoms with Crippen LogP contribution in [0.5, 0.6) is 0 Å². The first kappa shape index (κ1) is 14.6. The molecule has 1 aliphatic heterocycles. The lowest BCUT2D eigenvalue weighted by Gasteiger charge is -2.22. The quantitative estimate of drug-likeness (QED) is 0.702. The van der Waals surface area contributed by atoms with E-state index in [2.05, 4.69) is 12.2 Å². The van der Waals surface area contributed by atoms with Crippen LogP contribution in [0.15, 0.2) is 0 Å². The summed E-state index contributed by atoms with van der Waals surface area (Å²) >= 11 is 0. The number of unbranched alkanes of at least 4 members (excludes halogenated alkanes) is 3. The van der Waals surface area contributed by atoms with E-state index < -0.39 is 9.84 Å². The van der Waals surface area contributed by atoms with Gasteiger partial charge in [0, 0.05) is 25.4 Å². The van der Waals surface area contributed by atoms with Crippen molar-refractivity contribution in [2.24, 2.45) is 0 Å². The molecule has 1 atom stereocenters. The van der Waals surface area contributed by atoms with Gasteiger partial charge < -0.3 is 5.32 Å². The summed E-state index contributed by atoms with van der Waals surface area (Å²) in [6.45, 7) is 2.62. The molecule has 1 heterocycles. The summed E-state index contributed by atoms with van der Waals surface area (Å²) in [4.78, 5) is 11.7. The Morgan fingerprint density at radius 1 is 1.29 bits per heavy atom. The fourth-order valence-electron chi connectivity index (χ4n) is 2.12. The summed E-state index contributed by atoms with van der Waals surface area (Å²) in [7, 11) is -2.92. The molecule has 0 aromatic heterocycles. The number of nitrogens with one attached hydrogen (secondary N) is 1. The Bertz CT molecular complexity index is 338. The number of carbonyl (C=O) groups is 1. The Morgan fingerprint density at radius 3 is 2.71 bits per heavy atom. The van der Waals surface area contributed by atoms with Crippen molar-refractivity contribution in [3.8, 4) is 0 Å². The minimum absolute atomic E-state index is 0.119. The molecular formula is C12H23NO3S. The van der Waals surface area contributed by atoms with Gasteiger partial charge in [-0.2, -0.15) is 0 Å². The van der Waals surface area contributed by atoms with E-state index >= 15 is 0 Å². The van der Waals surface area contributed by atoms with E-state index in [1.165, 1.54) is 6.42 Å². The van der Waals surface area contributed by atoms with Gasteiger partial charge in [0.2, 0.25) is 0 Å². The lowest BCUT2D eigenvalue weighted by Crippen LogP contribution is -2.45. The Morgan fingerprint density at radius 2 is 2.06 bits per heavy atom. The van der Waals surface area contributed by atoms with Gasteiger partial charge in [0.05, 0.1) is 11.5 Å². The molecule has 5 heteroatoms. The third-order valence-corrected chi connectivity index (χ3v) is 4.82. The highest BCUT2D eigenvalue weighted by atomic mass is 32.2. The molecule has 0 spiro atoms. The molecule has 0 amide bonds. The van der Waals surface area contributed by atoms with E-state index in [-0.39, 0.29) is 23.3 Å². The molecule has 17 heavy (non-hydrogen) atoms. The van der Waals surface area contributed by atoms with Gasteiger partial charge in [0.15, 0.2) is 9.84 Å². The van der Waals surface area contributed by atoms with Crippen LogP contribution in [0.4, 0.5) is 0 Å². The SMILES string of the molecule is CCCCCCC(=O)CC1CS(=O)(=O)CCN1. The topological polar surface area (TPSA) is 63.2 Å². The van der Waals surface area contributed by atoms with Gasteiger partial charge in [-0.25, -0.2) is 8.42 Å². The zero-order valence-electron chi connectivity index (χ0n) is 10.6.